The third-order valence-electron chi connectivity index (χ3n) is 5.89. The number of nitrogens with zero attached hydrogens (tertiary/aromatic N) is 1. The maximum atomic E-state index is 6.15. The first kappa shape index (κ1) is 22.3. The van der Waals surface area contributed by atoms with Gasteiger partial charge in [-0.25, -0.2) is 4.99 Å². The van der Waals surface area contributed by atoms with Crippen molar-refractivity contribution in [1.82, 2.24) is 0 Å². The van der Waals surface area contributed by atoms with Crippen LogP contribution in [-0.4, -0.2) is 26.6 Å². The standard InChI is InChI=1S/C24H35NO2Si/c1-17(2)28(18(3)4,19(5)6)16-12-15-22-24(7,8)25-23(27-22)20-13-10-11-14-21(20)26-9/h10-11,13-15,17-19H,1-9H3/b22-15+. The molecular weight excluding hydrogens is 362 g/mol. The Balaban J connectivity index is 2.38. The Hall–Kier alpha value is -1.99. The number of methoxy groups -OCH3 is 1. The second kappa shape index (κ2) is 8.57. The maximum absolute atomic E-state index is 6.15. The molecule has 0 bridgehead atoms. The highest BCUT2D eigenvalue weighted by Crippen LogP contribution is 2.41. The van der Waals surface area contributed by atoms with Crippen molar-refractivity contribution in [2.75, 3.05) is 7.11 Å². The van der Waals surface area contributed by atoms with Gasteiger partial charge in [-0.05, 0) is 42.6 Å². The van der Waals surface area contributed by atoms with Gasteiger partial charge in [0.1, 0.15) is 25.1 Å². The van der Waals surface area contributed by atoms with Crippen LogP contribution in [0.4, 0.5) is 0 Å². The molecule has 28 heavy (non-hydrogen) atoms. The van der Waals surface area contributed by atoms with E-state index in [1.165, 1.54) is 0 Å². The number of allylic oxidation sites excluding steroid dienone is 1. The van der Waals surface area contributed by atoms with Gasteiger partial charge in [-0.1, -0.05) is 59.6 Å². The number of rotatable bonds is 5. The smallest absolute Gasteiger partial charge is 0.226 e. The summed E-state index contributed by atoms with van der Waals surface area (Å²) in [6.07, 6.45) is 1.93. The first-order chi connectivity index (χ1) is 13.1. The van der Waals surface area contributed by atoms with Crippen LogP contribution in [0.5, 0.6) is 5.75 Å². The van der Waals surface area contributed by atoms with Crippen LogP contribution < -0.4 is 4.74 Å². The minimum absolute atomic E-state index is 0.442. The summed E-state index contributed by atoms with van der Waals surface area (Å²) >= 11 is 0. The molecule has 1 aromatic rings. The van der Waals surface area contributed by atoms with Gasteiger partial charge in [-0.3, -0.25) is 0 Å². The molecule has 0 saturated carbocycles. The molecule has 0 radical (unpaired) electrons. The molecule has 1 aliphatic heterocycles. The third-order valence-corrected chi connectivity index (χ3v) is 12.2. The summed E-state index contributed by atoms with van der Waals surface area (Å²) in [6, 6.07) is 7.80. The van der Waals surface area contributed by atoms with Crippen LogP contribution in [0, 0.1) is 11.5 Å². The van der Waals surface area contributed by atoms with Crippen molar-refractivity contribution in [2.45, 2.75) is 77.6 Å². The Morgan fingerprint density at radius 3 is 2.14 bits per heavy atom. The zero-order valence-electron chi connectivity index (χ0n) is 18.9. The topological polar surface area (TPSA) is 30.8 Å². The van der Waals surface area contributed by atoms with E-state index >= 15 is 0 Å². The van der Waals surface area contributed by atoms with Crippen LogP contribution in [0.3, 0.4) is 0 Å². The lowest BCUT2D eigenvalue weighted by Crippen LogP contribution is -2.43. The van der Waals surface area contributed by atoms with E-state index in [2.05, 4.69) is 66.9 Å². The quantitative estimate of drug-likeness (QED) is 0.428. The van der Waals surface area contributed by atoms with Gasteiger partial charge in [0.15, 0.2) is 0 Å². The summed E-state index contributed by atoms with van der Waals surface area (Å²) in [4.78, 5) is 4.79. The van der Waals surface area contributed by atoms with Gasteiger partial charge < -0.3 is 9.47 Å². The van der Waals surface area contributed by atoms with Crippen LogP contribution >= 0.6 is 0 Å². The van der Waals surface area contributed by atoms with Crippen molar-refractivity contribution >= 4 is 14.0 Å². The minimum atomic E-state index is -1.76. The second-order valence-corrected chi connectivity index (χ2v) is 14.5. The van der Waals surface area contributed by atoms with Crippen LogP contribution in [-0.2, 0) is 4.74 Å². The predicted molar refractivity (Wildman–Crippen MR) is 122 cm³/mol. The van der Waals surface area contributed by atoms with Gasteiger partial charge in [-0.2, -0.15) is 0 Å². The lowest BCUT2D eigenvalue weighted by atomic mass is 10.0. The van der Waals surface area contributed by atoms with Gasteiger partial charge in [0.25, 0.3) is 0 Å². The Bertz CT molecular complexity index is 801. The molecule has 1 heterocycles. The Kier molecular flexibility index (Phi) is 6.83. The Labute approximate surface area is 172 Å². The monoisotopic (exact) mass is 397 g/mol. The number of ether oxygens (including phenoxy) is 2. The maximum Gasteiger partial charge on any atom is 0.226 e. The van der Waals surface area contributed by atoms with Gasteiger partial charge in [0.2, 0.25) is 5.90 Å². The fourth-order valence-corrected chi connectivity index (χ4v) is 9.55. The molecule has 0 spiro atoms. The normalized spacial score (nSPS) is 17.6. The first-order valence-corrected chi connectivity index (χ1v) is 12.4. The largest absolute Gasteiger partial charge is 0.496 e. The van der Waals surface area contributed by atoms with E-state index in [1.54, 1.807) is 7.11 Å². The third kappa shape index (κ3) is 4.20. The van der Waals surface area contributed by atoms with Crippen molar-refractivity contribution in [3.63, 3.8) is 0 Å². The molecule has 0 saturated heterocycles. The fourth-order valence-electron chi connectivity index (χ4n) is 4.36. The van der Waals surface area contributed by atoms with Crippen molar-refractivity contribution in [3.8, 4) is 17.2 Å². The fraction of sp³-hybridized carbons (Fsp3) is 0.542. The van der Waals surface area contributed by atoms with E-state index in [9.17, 15) is 0 Å². The summed E-state index contributed by atoms with van der Waals surface area (Å²) < 4.78 is 11.6. The molecule has 152 valence electrons. The molecule has 4 heteroatoms. The molecule has 0 atom stereocenters. The molecule has 0 amide bonds. The van der Waals surface area contributed by atoms with E-state index in [0.29, 0.717) is 22.5 Å². The molecule has 2 rings (SSSR count). The average molecular weight is 398 g/mol. The van der Waals surface area contributed by atoms with Gasteiger partial charge in [-0.15, -0.1) is 5.54 Å². The summed E-state index contributed by atoms with van der Waals surface area (Å²) in [7, 11) is -0.0978. The van der Waals surface area contributed by atoms with Crippen LogP contribution in [0.2, 0.25) is 16.6 Å². The van der Waals surface area contributed by atoms with E-state index in [1.807, 2.05) is 30.3 Å². The summed E-state index contributed by atoms with van der Waals surface area (Å²) in [5.41, 5.74) is 5.98. The number of hydrogen-bond donors (Lipinski definition) is 0. The molecule has 1 aliphatic rings. The van der Waals surface area contributed by atoms with Crippen molar-refractivity contribution in [1.29, 1.82) is 0 Å². The minimum Gasteiger partial charge on any atom is -0.496 e. The molecule has 3 nitrogen and oxygen atoms in total. The second-order valence-electron chi connectivity index (χ2n) is 8.95. The Morgan fingerprint density at radius 2 is 1.61 bits per heavy atom. The average Bonchev–Trinajstić information content (AvgIpc) is 2.92. The van der Waals surface area contributed by atoms with Gasteiger partial charge >= 0.3 is 0 Å². The van der Waals surface area contributed by atoms with Gasteiger partial charge in [0.05, 0.1) is 12.7 Å². The van der Waals surface area contributed by atoms with Crippen LogP contribution in [0.25, 0.3) is 0 Å². The SMILES string of the molecule is COc1ccccc1C1=NC(C)(C)/C(=C\C#C[Si](C(C)C)(C(C)C)C(C)C)O1. The predicted octanol–water partition coefficient (Wildman–Crippen LogP) is 6.36. The lowest BCUT2D eigenvalue weighted by molar-refractivity contribution is 0.377. The van der Waals surface area contributed by atoms with Crippen LogP contribution in [0.15, 0.2) is 41.1 Å². The summed E-state index contributed by atoms with van der Waals surface area (Å²) in [5.74, 6) is 5.53. The molecule has 0 aromatic heterocycles. The first-order valence-electron chi connectivity index (χ1n) is 10.2. The van der Waals surface area contributed by atoms with E-state index in [-0.39, 0.29) is 0 Å². The number of aliphatic imine (C=N–C) groups is 1. The van der Waals surface area contributed by atoms with Crippen molar-refractivity contribution < 1.29 is 9.47 Å². The molecule has 0 unspecified atom stereocenters. The number of benzene rings is 1. The van der Waals surface area contributed by atoms with E-state index in [0.717, 1.165) is 17.1 Å². The van der Waals surface area contributed by atoms with E-state index in [4.69, 9.17) is 14.5 Å². The summed E-state index contributed by atoms with van der Waals surface area (Å²) in [6.45, 7) is 18.1. The number of hydrogen-bond acceptors (Lipinski definition) is 3. The zero-order chi connectivity index (χ0) is 21.1. The van der Waals surface area contributed by atoms with Crippen molar-refractivity contribution in [3.05, 3.63) is 41.7 Å². The Morgan fingerprint density at radius 1 is 1.04 bits per heavy atom. The van der Waals surface area contributed by atoms with Crippen LogP contribution in [0.1, 0.15) is 61.0 Å². The molecular formula is C24H35NO2Si. The van der Waals surface area contributed by atoms with Gasteiger partial charge in [0, 0.05) is 6.08 Å². The molecule has 0 fully saturated rings. The van der Waals surface area contributed by atoms with E-state index < -0.39 is 13.6 Å². The highest BCUT2D eigenvalue weighted by molar-refractivity contribution is 6.90. The molecule has 1 aromatic carbocycles. The highest BCUT2D eigenvalue weighted by Gasteiger charge is 2.41. The number of para-hydroxylation sites is 1. The summed E-state index contributed by atoms with van der Waals surface area (Å²) in [5, 5.41) is 0. The van der Waals surface area contributed by atoms with Crippen molar-refractivity contribution in [2.24, 2.45) is 4.99 Å². The highest BCUT2D eigenvalue weighted by atomic mass is 28.3. The molecule has 0 aliphatic carbocycles. The zero-order valence-corrected chi connectivity index (χ0v) is 19.9. The lowest BCUT2D eigenvalue weighted by Gasteiger charge is -2.38. The molecule has 0 N–H and O–H groups in total.